The molecular weight excluding hydrogens is 194 g/mol. The molecule has 0 unspecified atom stereocenters. The maximum atomic E-state index is 11.3. The predicted molar refractivity (Wildman–Crippen MR) is 46.5 cm³/mol. The smallest absolute Gasteiger partial charge is 0.236 e. The van der Waals surface area contributed by atoms with Crippen LogP contribution in [0.25, 0.3) is 0 Å². The van der Waals surface area contributed by atoms with Crippen LogP contribution >= 0.6 is 0 Å². The van der Waals surface area contributed by atoms with E-state index in [1.165, 1.54) is 0 Å². The molecule has 0 radical (unpaired) electrons. The highest BCUT2D eigenvalue weighted by Gasteiger charge is 2.23. The molecule has 1 aliphatic heterocycles. The molecule has 0 aromatic heterocycles. The average molecular weight is 207 g/mol. The minimum absolute atomic E-state index is 0.219. The molecule has 1 rings (SSSR count). The normalized spacial score (nSPS) is 19.8. The second-order valence-electron chi connectivity index (χ2n) is 3.13. The van der Waals surface area contributed by atoms with E-state index in [1.807, 2.05) is 4.72 Å². The van der Waals surface area contributed by atoms with E-state index in [9.17, 15) is 13.2 Å². The van der Waals surface area contributed by atoms with Gasteiger partial charge in [-0.05, 0) is 12.8 Å². The quantitative estimate of drug-likeness (QED) is 0.662. The van der Waals surface area contributed by atoms with E-state index in [0.717, 1.165) is 6.26 Å². The van der Waals surface area contributed by atoms with Crippen LogP contribution in [-0.4, -0.2) is 33.8 Å². The van der Waals surface area contributed by atoms with Gasteiger partial charge in [-0.2, -0.15) is 0 Å². The van der Waals surface area contributed by atoms with Gasteiger partial charge in [0.15, 0.2) is 0 Å². The Morgan fingerprint density at radius 1 is 1.38 bits per heavy atom. The van der Waals surface area contributed by atoms with E-state index in [2.05, 4.69) is 0 Å². The van der Waals surface area contributed by atoms with Gasteiger partial charge in [-0.25, -0.2) is 8.42 Å². The molecule has 0 atom stereocenters. The van der Waals surface area contributed by atoms with Gasteiger partial charge in [-0.3, -0.25) is 9.52 Å². The fourth-order valence-corrected chi connectivity index (χ4v) is 1.76. The Hall–Kier alpha value is -0.620. The monoisotopic (exact) mass is 207 g/mol. The first-order valence-electron chi connectivity index (χ1n) is 4.08. The molecule has 0 aromatic rings. The topological polar surface area (TPSA) is 72.5 Å². The fourth-order valence-electron chi connectivity index (χ4n) is 1.23. The molecule has 1 amide bonds. The van der Waals surface area contributed by atoms with Crippen molar-refractivity contribution in [1.82, 2.24) is 4.72 Å². The Kier molecular flexibility index (Phi) is 3.27. The highest BCUT2D eigenvalue weighted by Crippen LogP contribution is 2.14. The standard InChI is InChI=1S/C7H13NO4S/c1-13(10,11)8-7(9)6-2-4-12-5-3-6/h6H,2-5H2,1H3,(H,8,9). The Morgan fingerprint density at radius 2 is 1.92 bits per heavy atom. The lowest BCUT2D eigenvalue weighted by Gasteiger charge is -2.20. The number of nitrogens with one attached hydrogen (secondary N) is 1. The Bertz CT molecular complexity index is 279. The minimum Gasteiger partial charge on any atom is -0.381 e. The molecule has 1 aliphatic rings. The van der Waals surface area contributed by atoms with E-state index in [-0.39, 0.29) is 5.92 Å². The van der Waals surface area contributed by atoms with Crippen molar-refractivity contribution in [2.75, 3.05) is 19.5 Å². The van der Waals surface area contributed by atoms with Gasteiger partial charge < -0.3 is 4.74 Å². The van der Waals surface area contributed by atoms with Gasteiger partial charge in [0.2, 0.25) is 15.9 Å². The largest absolute Gasteiger partial charge is 0.381 e. The summed E-state index contributed by atoms with van der Waals surface area (Å²) in [5.74, 6) is -0.630. The number of hydrogen-bond acceptors (Lipinski definition) is 4. The van der Waals surface area contributed by atoms with Crippen molar-refractivity contribution in [1.29, 1.82) is 0 Å². The van der Waals surface area contributed by atoms with Gasteiger partial charge in [0, 0.05) is 19.1 Å². The summed E-state index contributed by atoms with van der Waals surface area (Å²) in [6.45, 7) is 1.06. The first-order chi connectivity index (χ1) is 5.99. The molecule has 76 valence electrons. The van der Waals surface area contributed by atoms with Crippen molar-refractivity contribution in [3.8, 4) is 0 Å². The van der Waals surface area contributed by atoms with E-state index < -0.39 is 15.9 Å². The number of carbonyl (C=O) groups is 1. The lowest BCUT2D eigenvalue weighted by molar-refractivity contribution is -0.125. The van der Waals surface area contributed by atoms with Crippen molar-refractivity contribution in [3.05, 3.63) is 0 Å². The number of hydrogen-bond donors (Lipinski definition) is 1. The SMILES string of the molecule is CS(=O)(=O)NC(=O)C1CCOCC1. The first-order valence-corrected chi connectivity index (χ1v) is 5.97. The molecule has 6 heteroatoms. The molecule has 0 bridgehead atoms. The van der Waals surface area contributed by atoms with Crippen LogP contribution in [0.1, 0.15) is 12.8 Å². The van der Waals surface area contributed by atoms with Crippen LogP contribution in [0.3, 0.4) is 0 Å². The molecular formula is C7H13NO4S. The first kappa shape index (κ1) is 10.5. The third kappa shape index (κ3) is 3.73. The summed E-state index contributed by atoms with van der Waals surface area (Å²) in [7, 11) is -3.41. The number of ether oxygens (including phenoxy) is 1. The maximum Gasteiger partial charge on any atom is 0.236 e. The summed E-state index contributed by atoms with van der Waals surface area (Å²) in [4.78, 5) is 11.3. The molecule has 13 heavy (non-hydrogen) atoms. The van der Waals surface area contributed by atoms with Gasteiger partial charge in [0.05, 0.1) is 6.26 Å². The molecule has 0 spiro atoms. The van der Waals surface area contributed by atoms with Crippen molar-refractivity contribution in [2.45, 2.75) is 12.8 Å². The lowest BCUT2D eigenvalue weighted by Crippen LogP contribution is -2.37. The third-order valence-corrected chi connectivity index (χ3v) is 2.45. The summed E-state index contributed by atoms with van der Waals surface area (Å²) >= 11 is 0. The van der Waals surface area contributed by atoms with Crippen LogP contribution in [0.2, 0.25) is 0 Å². The number of amides is 1. The zero-order valence-corrected chi connectivity index (χ0v) is 8.26. The van der Waals surface area contributed by atoms with Crippen LogP contribution in [0.15, 0.2) is 0 Å². The zero-order chi connectivity index (χ0) is 9.90. The molecule has 0 aliphatic carbocycles. The van der Waals surface area contributed by atoms with Crippen molar-refractivity contribution < 1.29 is 17.9 Å². The zero-order valence-electron chi connectivity index (χ0n) is 7.45. The summed E-state index contributed by atoms with van der Waals surface area (Å²) in [5.41, 5.74) is 0. The van der Waals surface area contributed by atoms with E-state index in [0.29, 0.717) is 26.1 Å². The molecule has 1 fully saturated rings. The lowest BCUT2D eigenvalue weighted by atomic mass is 10.0. The van der Waals surface area contributed by atoms with Gasteiger partial charge in [-0.15, -0.1) is 0 Å². The molecule has 1 N–H and O–H groups in total. The summed E-state index contributed by atoms with van der Waals surface area (Å²) in [6, 6.07) is 0. The number of sulfonamides is 1. The van der Waals surface area contributed by atoms with Gasteiger partial charge in [0.1, 0.15) is 0 Å². The van der Waals surface area contributed by atoms with Crippen LogP contribution in [0.5, 0.6) is 0 Å². The predicted octanol–water partition coefficient (Wildman–Crippen LogP) is -0.511. The fraction of sp³-hybridized carbons (Fsp3) is 0.857. The third-order valence-electron chi connectivity index (χ3n) is 1.88. The molecule has 1 saturated heterocycles. The minimum atomic E-state index is -3.41. The van der Waals surface area contributed by atoms with E-state index >= 15 is 0 Å². The van der Waals surface area contributed by atoms with Gasteiger partial charge >= 0.3 is 0 Å². The van der Waals surface area contributed by atoms with E-state index in [1.54, 1.807) is 0 Å². The number of carbonyl (C=O) groups excluding carboxylic acids is 1. The van der Waals surface area contributed by atoms with Crippen molar-refractivity contribution in [2.24, 2.45) is 5.92 Å². The molecule has 1 heterocycles. The Morgan fingerprint density at radius 3 is 2.38 bits per heavy atom. The number of rotatable bonds is 2. The summed E-state index contributed by atoms with van der Waals surface area (Å²) in [6.07, 6.45) is 2.17. The summed E-state index contributed by atoms with van der Waals surface area (Å²) < 4.78 is 28.5. The maximum absolute atomic E-state index is 11.3. The Balaban J connectivity index is 2.47. The molecule has 0 saturated carbocycles. The highest BCUT2D eigenvalue weighted by molar-refractivity contribution is 7.89. The Labute approximate surface area is 77.5 Å². The molecule has 0 aromatic carbocycles. The summed E-state index contributed by atoms with van der Waals surface area (Å²) in [5, 5.41) is 0. The van der Waals surface area contributed by atoms with Crippen molar-refractivity contribution in [3.63, 3.8) is 0 Å². The van der Waals surface area contributed by atoms with Crippen LogP contribution in [-0.2, 0) is 19.6 Å². The van der Waals surface area contributed by atoms with Gasteiger partial charge in [0.25, 0.3) is 0 Å². The second kappa shape index (κ2) is 4.06. The van der Waals surface area contributed by atoms with Gasteiger partial charge in [-0.1, -0.05) is 0 Å². The highest BCUT2D eigenvalue weighted by atomic mass is 32.2. The van der Waals surface area contributed by atoms with E-state index in [4.69, 9.17) is 4.74 Å². The van der Waals surface area contributed by atoms with Crippen molar-refractivity contribution >= 4 is 15.9 Å². The van der Waals surface area contributed by atoms with Crippen LogP contribution < -0.4 is 4.72 Å². The second-order valence-corrected chi connectivity index (χ2v) is 4.87. The van der Waals surface area contributed by atoms with Crippen LogP contribution in [0.4, 0.5) is 0 Å². The molecule has 5 nitrogen and oxygen atoms in total. The van der Waals surface area contributed by atoms with Crippen LogP contribution in [0, 0.1) is 5.92 Å². The average Bonchev–Trinajstić information content (AvgIpc) is 2.03.